The van der Waals surface area contributed by atoms with Gasteiger partial charge in [0.15, 0.2) is 0 Å². The summed E-state index contributed by atoms with van der Waals surface area (Å²) >= 11 is 0. The van der Waals surface area contributed by atoms with Gasteiger partial charge in [-0.25, -0.2) is 8.42 Å². The quantitative estimate of drug-likeness (QED) is 0.232. The zero-order valence-corrected chi connectivity index (χ0v) is 31.9. The first-order chi connectivity index (χ1) is 25.0. The number of nitrogens with two attached hydrogens (primary N) is 1. The second-order valence-electron chi connectivity index (χ2n) is 15.6. The van der Waals surface area contributed by atoms with Gasteiger partial charge in [-0.05, 0) is 72.3 Å². The number of rotatable bonds is 11. The highest BCUT2D eigenvalue weighted by atomic mass is 32.2. The first-order valence-corrected chi connectivity index (χ1v) is 20.4. The molecule has 0 spiro atoms. The number of imide groups is 1. The van der Waals surface area contributed by atoms with Crippen LogP contribution < -0.4 is 16.4 Å². The number of piperidine rings is 2. The molecule has 0 aliphatic carbocycles. The maximum absolute atomic E-state index is 13.9. The van der Waals surface area contributed by atoms with Crippen molar-refractivity contribution in [1.29, 1.82) is 0 Å². The van der Waals surface area contributed by atoms with Gasteiger partial charge in [-0.1, -0.05) is 62.9 Å². The molecular formula is C40H51N5O7S. The zero-order valence-electron chi connectivity index (χ0n) is 31.1. The Hall–Kier alpha value is -4.54. The van der Waals surface area contributed by atoms with E-state index in [2.05, 4.69) is 43.2 Å². The van der Waals surface area contributed by atoms with E-state index in [1.54, 1.807) is 17.0 Å². The second kappa shape index (κ2) is 16.6. The van der Waals surface area contributed by atoms with E-state index in [9.17, 15) is 32.4 Å². The predicted molar refractivity (Wildman–Crippen MR) is 201 cm³/mol. The number of nitrogens with one attached hydrogen (secondary N) is 2. The van der Waals surface area contributed by atoms with Crippen LogP contribution in [0.1, 0.15) is 98.3 Å². The number of carbonyl (C=O) groups is 5. The summed E-state index contributed by atoms with van der Waals surface area (Å²) in [4.78, 5) is 67.5. The van der Waals surface area contributed by atoms with Crippen LogP contribution in [0, 0.1) is 17.8 Å². The number of hydrogen-bond donors (Lipinski definition) is 3. The molecular weight excluding hydrogens is 695 g/mol. The van der Waals surface area contributed by atoms with Gasteiger partial charge in [-0.15, -0.1) is 0 Å². The number of amides is 5. The predicted octanol–water partition coefficient (Wildman–Crippen LogP) is 2.60. The molecule has 12 nitrogen and oxygen atoms in total. The lowest BCUT2D eigenvalue weighted by molar-refractivity contribution is -0.138. The van der Waals surface area contributed by atoms with Crippen LogP contribution in [0.15, 0.2) is 42.5 Å². The van der Waals surface area contributed by atoms with Crippen molar-refractivity contribution < 1.29 is 32.4 Å². The first-order valence-electron chi connectivity index (χ1n) is 18.4. The highest BCUT2D eigenvalue weighted by Crippen LogP contribution is 2.30. The van der Waals surface area contributed by atoms with E-state index in [4.69, 9.17) is 5.73 Å². The highest BCUT2D eigenvalue weighted by Gasteiger charge is 2.39. The molecule has 53 heavy (non-hydrogen) atoms. The summed E-state index contributed by atoms with van der Waals surface area (Å²) in [6.45, 7) is 7.73. The largest absolute Gasteiger partial charge is 0.343 e. The summed E-state index contributed by atoms with van der Waals surface area (Å²) in [6, 6.07) is 10.8. The van der Waals surface area contributed by atoms with E-state index in [1.165, 1.54) is 4.90 Å². The van der Waals surface area contributed by atoms with Crippen LogP contribution in [0.2, 0.25) is 0 Å². The lowest BCUT2D eigenvalue weighted by atomic mass is 9.86. The molecule has 4 N–H and O–H groups in total. The fourth-order valence-corrected chi connectivity index (χ4v) is 7.81. The zero-order chi connectivity index (χ0) is 38.5. The van der Waals surface area contributed by atoms with Crippen molar-refractivity contribution in [2.45, 2.75) is 102 Å². The minimum Gasteiger partial charge on any atom is -0.343 e. The van der Waals surface area contributed by atoms with Crippen molar-refractivity contribution in [2.24, 2.45) is 11.7 Å². The van der Waals surface area contributed by atoms with Gasteiger partial charge in [0.05, 0.1) is 11.8 Å². The molecule has 0 radical (unpaired) electrons. The lowest BCUT2D eigenvalue weighted by Gasteiger charge is -2.34. The second-order valence-corrected chi connectivity index (χ2v) is 17.8. The van der Waals surface area contributed by atoms with Crippen molar-refractivity contribution >= 4 is 39.4 Å². The third-order valence-electron chi connectivity index (χ3n) is 10.4. The van der Waals surface area contributed by atoms with Crippen molar-refractivity contribution in [3.05, 3.63) is 70.3 Å². The number of carbonyl (C=O) groups excluding carboxylic acids is 5. The monoisotopic (exact) mass is 745 g/mol. The van der Waals surface area contributed by atoms with Crippen LogP contribution in [0.5, 0.6) is 0 Å². The molecule has 3 atom stereocenters. The average Bonchev–Trinajstić information content (AvgIpc) is 3.44. The Morgan fingerprint density at radius 3 is 2.38 bits per heavy atom. The number of likely N-dealkylation sites (tertiary alicyclic amines) is 1. The molecule has 0 aromatic heterocycles. The molecule has 5 rings (SSSR count). The maximum Gasteiger partial charge on any atom is 0.255 e. The Morgan fingerprint density at radius 1 is 1.04 bits per heavy atom. The van der Waals surface area contributed by atoms with Gasteiger partial charge in [-0.2, -0.15) is 0 Å². The fourth-order valence-electron chi connectivity index (χ4n) is 7.13. The van der Waals surface area contributed by atoms with Gasteiger partial charge in [0.25, 0.3) is 5.91 Å². The average molecular weight is 746 g/mol. The van der Waals surface area contributed by atoms with Crippen LogP contribution in [0.25, 0.3) is 0 Å². The number of nitrogens with zero attached hydrogens (tertiary/aromatic N) is 2. The summed E-state index contributed by atoms with van der Waals surface area (Å²) in [7, 11) is -3.30. The summed E-state index contributed by atoms with van der Waals surface area (Å²) in [5, 5.41) is 5.16. The van der Waals surface area contributed by atoms with Gasteiger partial charge in [0, 0.05) is 56.3 Å². The molecule has 0 saturated carbocycles. The molecule has 1 unspecified atom stereocenters. The van der Waals surface area contributed by atoms with Crippen LogP contribution in [0.4, 0.5) is 0 Å². The maximum atomic E-state index is 13.9. The molecule has 0 bridgehead atoms. The van der Waals surface area contributed by atoms with Crippen LogP contribution in [-0.4, -0.2) is 91.0 Å². The molecule has 2 aromatic rings. The number of benzene rings is 2. The molecule has 3 aliphatic rings. The van der Waals surface area contributed by atoms with Crippen molar-refractivity contribution in [1.82, 2.24) is 20.4 Å². The molecule has 13 heteroatoms. The van der Waals surface area contributed by atoms with Gasteiger partial charge in [0.2, 0.25) is 23.6 Å². The van der Waals surface area contributed by atoms with Crippen LogP contribution >= 0.6 is 0 Å². The van der Waals surface area contributed by atoms with Gasteiger partial charge >= 0.3 is 0 Å². The van der Waals surface area contributed by atoms with Gasteiger partial charge < -0.3 is 20.9 Å². The molecule has 2 fully saturated rings. The molecule has 3 aliphatic heterocycles. The Labute approximate surface area is 312 Å². The standard InChI is InChI=1S/C40H51N5O7S/c1-40(2,3)29-14-12-27(13-15-29)24-33(42-36(47)32(41)20-23-53(4,51)52)39(50)44-21-18-26(19-22-44)8-5-6-9-28-10-7-11-30-31(28)25-45(38(30)49)34-16-17-35(46)43-37(34)48/h7,10-15,26,32-34H,5,8,16-25,41H2,1-4H3,(H,42,47)(H,43,46,48)/t32-,33-,34?/m0/s1. The molecule has 284 valence electrons. The van der Waals surface area contributed by atoms with Crippen molar-refractivity contribution in [2.75, 3.05) is 25.1 Å². The summed E-state index contributed by atoms with van der Waals surface area (Å²) in [6.07, 6.45) is 4.91. The number of hydrogen-bond acceptors (Lipinski definition) is 8. The Balaban J connectivity index is 1.17. The first kappa shape index (κ1) is 39.7. The molecule has 5 amide bonds. The Morgan fingerprint density at radius 2 is 1.74 bits per heavy atom. The van der Waals surface area contributed by atoms with E-state index in [0.717, 1.165) is 47.8 Å². The van der Waals surface area contributed by atoms with E-state index in [-0.39, 0.29) is 54.7 Å². The Bertz CT molecular complexity index is 1900. The summed E-state index contributed by atoms with van der Waals surface area (Å²) in [5.41, 5.74) is 10.1. The third kappa shape index (κ3) is 10.3. The van der Waals surface area contributed by atoms with E-state index >= 15 is 0 Å². The number of fused-ring (bicyclic) bond motifs is 1. The minimum atomic E-state index is -3.30. The molecule has 2 aromatic carbocycles. The fraction of sp³-hybridized carbons (Fsp3) is 0.525. The van der Waals surface area contributed by atoms with E-state index in [1.807, 2.05) is 30.3 Å². The van der Waals surface area contributed by atoms with Gasteiger partial charge in [0.1, 0.15) is 21.9 Å². The van der Waals surface area contributed by atoms with Crippen molar-refractivity contribution in [3.63, 3.8) is 0 Å². The van der Waals surface area contributed by atoms with Gasteiger partial charge in [-0.3, -0.25) is 29.3 Å². The number of sulfone groups is 1. The SMILES string of the molecule is CC(C)(C)c1ccc(C[C@H](NC(=O)[C@@H](N)CCS(C)(=O)=O)C(=O)N2CCC(CCC#Cc3cccc4c3CN(C3CCC(=O)NC3=O)C4=O)CC2)cc1. The van der Waals surface area contributed by atoms with Crippen LogP contribution in [0.3, 0.4) is 0 Å². The topological polar surface area (TPSA) is 176 Å². The molecule has 3 heterocycles. The van der Waals surface area contributed by atoms with E-state index in [0.29, 0.717) is 37.4 Å². The van der Waals surface area contributed by atoms with Crippen molar-refractivity contribution in [3.8, 4) is 11.8 Å². The lowest BCUT2D eigenvalue weighted by Crippen LogP contribution is -2.54. The smallest absolute Gasteiger partial charge is 0.255 e. The normalized spacial score (nSPS) is 19.2. The minimum absolute atomic E-state index is 0.0341. The highest BCUT2D eigenvalue weighted by molar-refractivity contribution is 7.90. The van der Waals surface area contributed by atoms with E-state index < -0.39 is 39.8 Å². The summed E-state index contributed by atoms with van der Waals surface area (Å²) < 4.78 is 23.3. The van der Waals surface area contributed by atoms with Crippen LogP contribution in [-0.2, 0) is 47.4 Å². The summed E-state index contributed by atoms with van der Waals surface area (Å²) in [5.74, 6) is 4.91. The molecule has 2 saturated heterocycles. The Kier molecular flexibility index (Phi) is 12.5. The third-order valence-corrected chi connectivity index (χ3v) is 11.4.